The molecule has 4 rings (SSSR count). The van der Waals surface area contributed by atoms with E-state index in [4.69, 9.17) is 4.99 Å². The smallest absolute Gasteiger partial charge is 0.272 e. The van der Waals surface area contributed by atoms with Gasteiger partial charge >= 0.3 is 0 Å². The fourth-order valence-corrected chi connectivity index (χ4v) is 4.89. The number of nitrogens with zero attached hydrogens (tertiary/aromatic N) is 2. The Labute approximate surface area is 195 Å². The summed E-state index contributed by atoms with van der Waals surface area (Å²) in [7, 11) is 0. The SMILES string of the molecule is CC(C)N1C(=O)C(NC(=O)CCC2CCCCC2)N=C(c2ccc(F)cc2)c2ccccc21. The van der Waals surface area contributed by atoms with Crippen LogP contribution in [0.15, 0.2) is 53.5 Å². The second kappa shape index (κ2) is 10.3. The first-order chi connectivity index (χ1) is 15.9. The predicted molar refractivity (Wildman–Crippen MR) is 129 cm³/mol. The van der Waals surface area contributed by atoms with Gasteiger partial charge in [0.1, 0.15) is 5.82 Å². The molecule has 1 fully saturated rings. The van der Waals surface area contributed by atoms with E-state index >= 15 is 0 Å². The van der Waals surface area contributed by atoms with Crippen LogP contribution in [0.3, 0.4) is 0 Å². The van der Waals surface area contributed by atoms with Crippen molar-refractivity contribution in [1.82, 2.24) is 5.32 Å². The van der Waals surface area contributed by atoms with E-state index in [-0.39, 0.29) is 23.7 Å². The summed E-state index contributed by atoms with van der Waals surface area (Å²) in [6, 6.07) is 13.5. The van der Waals surface area contributed by atoms with Gasteiger partial charge in [-0.3, -0.25) is 9.59 Å². The van der Waals surface area contributed by atoms with Crippen molar-refractivity contribution < 1.29 is 14.0 Å². The highest BCUT2D eigenvalue weighted by atomic mass is 19.1. The van der Waals surface area contributed by atoms with Gasteiger partial charge in [0.25, 0.3) is 5.91 Å². The normalized spacial score (nSPS) is 19.2. The van der Waals surface area contributed by atoms with Crippen molar-refractivity contribution in [1.29, 1.82) is 0 Å². The average molecular weight is 450 g/mol. The largest absolute Gasteiger partial charge is 0.327 e. The maximum Gasteiger partial charge on any atom is 0.272 e. The molecule has 0 radical (unpaired) electrons. The highest BCUT2D eigenvalue weighted by Gasteiger charge is 2.34. The molecule has 1 aliphatic heterocycles. The van der Waals surface area contributed by atoms with E-state index < -0.39 is 6.17 Å². The highest BCUT2D eigenvalue weighted by Crippen LogP contribution is 2.30. The number of nitrogens with one attached hydrogen (secondary N) is 1. The molecule has 6 heteroatoms. The van der Waals surface area contributed by atoms with Crippen LogP contribution >= 0.6 is 0 Å². The molecular weight excluding hydrogens is 417 g/mol. The topological polar surface area (TPSA) is 61.8 Å². The van der Waals surface area contributed by atoms with Crippen molar-refractivity contribution in [2.75, 3.05) is 4.90 Å². The maximum absolute atomic E-state index is 13.6. The number of rotatable bonds is 6. The van der Waals surface area contributed by atoms with Crippen molar-refractivity contribution in [3.05, 3.63) is 65.5 Å². The molecule has 1 aliphatic carbocycles. The molecule has 0 saturated heterocycles. The van der Waals surface area contributed by atoms with Gasteiger partial charge in [0.2, 0.25) is 12.1 Å². The summed E-state index contributed by atoms with van der Waals surface area (Å²) in [5.74, 6) is -0.172. The van der Waals surface area contributed by atoms with Crippen molar-refractivity contribution in [2.24, 2.45) is 10.9 Å². The monoisotopic (exact) mass is 449 g/mol. The first kappa shape index (κ1) is 23.1. The Kier molecular flexibility index (Phi) is 7.21. The van der Waals surface area contributed by atoms with Gasteiger partial charge in [-0.05, 0) is 56.5 Å². The molecule has 1 atom stereocenters. The van der Waals surface area contributed by atoms with Gasteiger partial charge in [-0.15, -0.1) is 0 Å². The first-order valence-electron chi connectivity index (χ1n) is 12.0. The summed E-state index contributed by atoms with van der Waals surface area (Å²) >= 11 is 0. The van der Waals surface area contributed by atoms with Gasteiger partial charge in [0.15, 0.2) is 0 Å². The summed E-state index contributed by atoms with van der Waals surface area (Å²) in [5.41, 5.74) is 2.79. The van der Waals surface area contributed by atoms with Crippen molar-refractivity contribution in [2.45, 2.75) is 71.0 Å². The third-order valence-corrected chi connectivity index (χ3v) is 6.58. The summed E-state index contributed by atoms with van der Waals surface area (Å²) in [6.45, 7) is 3.89. The molecule has 0 bridgehead atoms. The maximum atomic E-state index is 13.6. The van der Waals surface area contributed by atoms with Crippen LogP contribution in [-0.2, 0) is 9.59 Å². The van der Waals surface area contributed by atoms with Gasteiger partial charge < -0.3 is 10.2 Å². The number of halogens is 1. The number of benzene rings is 2. The van der Waals surface area contributed by atoms with E-state index in [1.807, 2.05) is 38.1 Å². The lowest BCUT2D eigenvalue weighted by Gasteiger charge is -2.29. The molecule has 5 nitrogen and oxygen atoms in total. The van der Waals surface area contributed by atoms with Gasteiger partial charge in [-0.1, -0.05) is 50.3 Å². The van der Waals surface area contributed by atoms with Gasteiger partial charge in [-0.2, -0.15) is 0 Å². The minimum Gasteiger partial charge on any atom is -0.327 e. The van der Waals surface area contributed by atoms with Crippen LogP contribution in [0.1, 0.15) is 69.9 Å². The predicted octanol–water partition coefficient (Wildman–Crippen LogP) is 5.22. The van der Waals surface area contributed by atoms with Gasteiger partial charge in [0, 0.05) is 23.6 Å². The Morgan fingerprint density at radius 2 is 1.79 bits per heavy atom. The van der Waals surface area contributed by atoms with E-state index in [0.717, 1.165) is 17.7 Å². The zero-order valence-corrected chi connectivity index (χ0v) is 19.4. The third kappa shape index (κ3) is 5.32. The standard InChI is InChI=1S/C27H32FN3O2/c1-18(2)31-23-11-7-6-10-22(23)25(20-13-15-21(28)16-14-20)30-26(27(31)33)29-24(32)17-12-19-8-4-3-5-9-19/h6-7,10-11,13-16,18-19,26H,3-5,8-9,12,17H2,1-2H3,(H,29,32). The Bertz CT molecular complexity index is 1030. The number of benzodiazepines with no additional fused rings is 1. The van der Waals surface area contributed by atoms with Crippen LogP contribution < -0.4 is 10.2 Å². The van der Waals surface area contributed by atoms with Crippen LogP contribution in [0.5, 0.6) is 0 Å². The third-order valence-electron chi connectivity index (χ3n) is 6.58. The van der Waals surface area contributed by atoms with E-state index in [0.29, 0.717) is 23.6 Å². The molecule has 1 N–H and O–H groups in total. The fraction of sp³-hybridized carbons (Fsp3) is 0.444. The Morgan fingerprint density at radius 3 is 2.48 bits per heavy atom. The lowest BCUT2D eigenvalue weighted by Crippen LogP contribution is -2.49. The number of para-hydroxylation sites is 1. The Hall–Kier alpha value is -3.02. The van der Waals surface area contributed by atoms with Crippen molar-refractivity contribution >= 4 is 23.2 Å². The first-order valence-corrected chi connectivity index (χ1v) is 12.0. The van der Waals surface area contributed by atoms with Crippen LogP contribution in [0.2, 0.25) is 0 Å². The fourth-order valence-electron chi connectivity index (χ4n) is 4.89. The molecule has 0 spiro atoms. The van der Waals surface area contributed by atoms with Crippen LogP contribution in [-0.4, -0.2) is 29.7 Å². The number of hydrogen-bond acceptors (Lipinski definition) is 3. The Morgan fingerprint density at radius 1 is 1.09 bits per heavy atom. The molecule has 2 amide bonds. The van der Waals surface area contributed by atoms with Crippen LogP contribution in [0.4, 0.5) is 10.1 Å². The molecule has 1 unspecified atom stereocenters. The van der Waals surface area contributed by atoms with Gasteiger partial charge in [0.05, 0.1) is 11.4 Å². The van der Waals surface area contributed by atoms with Crippen LogP contribution in [0.25, 0.3) is 0 Å². The summed E-state index contributed by atoms with van der Waals surface area (Å²) < 4.78 is 13.6. The summed E-state index contributed by atoms with van der Waals surface area (Å²) in [5, 5.41) is 2.89. The molecule has 1 saturated carbocycles. The van der Waals surface area contributed by atoms with Crippen molar-refractivity contribution in [3.63, 3.8) is 0 Å². The van der Waals surface area contributed by atoms with E-state index in [2.05, 4.69) is 5.32 Å². The van der Waals surface area contributed by atoms with E-state index in [1.54, 1.807) is 17.0 Å². The lowest BCUT2D eigenvalue weighted by atomic mass is 9.86. The Balaban J connectivity index is 1.65. The second-order valence-corrected chi connectivity index (χ2v) is 9.32. The number of anilines is 1. The zero-order chi connectivity index (χ0) is 23.4. The molecule has 0 aromatic heterocycles. The number of carbonyl (C=O) groups excluding carboxylic acids is 2. The average Bonchev–Trinajstić information content (AvgIpc) is 2.93. The van der Waals surface area contributed by atoms with Gasteiger partial charge in [-0.25, -0.2) is 9.38 Å². The summed E-state index contributed by atoms with van der Waals surface area (Å²) in [4.78, 5) is 32.8. The number of amides is 2. The summed E-state index contributed by atoms with van der Waals surface area (Å²) in [6.07, 6.45) is 6.32. The van der Waals surface area contributed by atoms with Crippen LogP contribution in [0, 0.1) is 11.7 Å². The quantitative estimate of drug-likeness (QED) is 0.657. The minimum atomic E-state index is -1.03. The number of carbonyl (C=O) groups is 2. The second-order valence-electron chi connectivity index (χ2n) is 9.32. The molecule has 2 aliphatic rings. The molecule has 2 aromatic carbocycles. The minimum absolute atomic E-state index is 0.122. The molecule has 2 aromatic rings. The number of aliphatic imine (C=N–C) groups is 1. The molecule has 174 valence electrons. The van der Waals surface area contributed by atoms with E-state index in [1.165, 1.54) is 44.2 Å². The lowest BCUT2D eigenvalue weighted by molar-refractivity contribution is -0.127. The number of fused-ring (bicyclic) bond motifs is 1. The molecular formula is C27H32FN3O2. The number of hydrogen-bond donors (Lipinski definition) is 1. The van der Waals surface area contributed by atoms with Crippen molar-refractivity contribution in [3.8, 4) is 0 Å². The molecule has 1 heterocycles. The highest BCUT2D eigenvalue weighted by molar-refractivity contribution is 6.20. The zero-order valence-electron chi connectivity index (χ0n) is 19.4. The molecule has 33 heavy (non-hydrogen) atoms. The van der Waals surface area contributed by atoms with E-state index in [9.17, 15) is 14.0 Å².